The zero-order valence-corrected chi connectivity index (χ0v) is 20.6. The standard InChI is InChI=1S/C16H15FN6O.C10H19N/c17-12-5-20-15(22-14(12)19)21-11-1-2-13(10(3-11)4-18)23-6-16(7-23)8-24-9-16;1-10(2)7-3-5-9-6-4-8-11(9)10/h1-3,5H,6-9H2,(H3,19,20,21,22);9H,3-8H2,1-2H3. The molecule has 0 aliphatic carbocycles. The number of nitrogens with one attached hydrogen (secondary N) is 1. The van der Waals surface area contributed by atoms with Crippen LogP contribution in [0.15, 0.2) is 24.4 Å². The Morgan fingerprint density at radius 2 is 2.00 bits per heavy atom. The Bertz CT molecular complexity index is 1120. The predicted octanol–water partition coefficient (Wildman–Crippen LogP) is 4.06. The van der Waals surface area contributed by atoms with Crippen molar-refractivity contribution in [1.29, 1.82) is 5.26 Å². The van der Waals surface area contributed by atoms with E-state index in [0.29, 0.717) is 16.8 Å². The van der Waals surface area contributed by atoms with E-state index in [9.17, 15) is 9.65 Å². The summed E-state index contributed by atoms with van der Waals surface area (Å²) in [6.45, 7) is 9.59. The highest BCUT2D eigenvalue weighted by molar-refractivity contribution is 5.68. The molecule has 1 spiro atoms. The molecule has 1 unspecified atom stereocenters. The molecule has 35 heavy (non-hydrogen) atoms. The highest BCUT2D eigenvalue weighted by atomic mass is 19.1. The van der Waals surface area contributed by atoms with Gasteiger partial charge in [0.15, 0.2) is 11.6 Å². The summed E-state index contributed by atoms with van der Waals surface area (Å²) < 4.78 is 18.4. The van der Waals surface area contributed by atoms with E-state index in [1.165, 1.54) is 38.6 Å². The first-order valence-electron chi connectivity index (χ1n) is 12.5. The molecule has 186 valence electrons. The third kappa shape index (κ3) is 4.78. The summed E-state index contributed by atoms with van der Waals surface area (Å²) in [5.74, 6) is -0.710. The molecule has 0 amide bonds. The van der Waals surface area contributed by atoms with Crippen molar-refractivity contribution in [3.63, 3.8) is 0 Å². The minimum absolute atomic E-state index is 0.181. The van der Waals surface area contributed by atoms with Gasteiger partial charge in [0.1, 0.15) is 6.07 Å². The van der Waals surface area contributed by atoms with Crippen molar-refractivity contribution >= 4 is 23.1 Å². The summed E-state index contributed by atoms with van der Waals surface area (Å²) in [7, 11) is 0. The van der Waals surface area contributed by atoms with Crippen LogP contribution in [0.3, 0.4) is 0 Å². The molecule has 3 N–H and O–H groups in total. The molecule has 0 bridgehead atoms. The third-order valence-corrected chi connectivity index (χ3v) is 7.83. The molecular formula is C26H34FN7O. The summed E-state index contributed by atoms with van der Waals surface area (Å²) in [5.41, 5.74) is 8.33. The van der Waals surface area contributed by atoms with E-state index in [1.807, 2.05) is 12.1 Å². The van der Waals surface area contributed by atoms with E-state index in [1.54, 1.807) is 6.07 Å². The number of nitrogens with zero attached hydrogens (tertiary/aromatic N) is 5. The first-order chi connectivity index (χ1) is 16.8. The van der Waals surface area contributed by atoms with E-state index in [-0.39, 0.29) is 17.2 Å². The van der Waals surface area contributed by atoms with Crippen molar-refractivity contribution in [2.24, 2.45) is 5.41 Å². The normalized spacial score (nSPS) is 23.8. The number of hydrogen-bond acceptors (Lipinski definition) is 8. The van der Waals surface area contributed by atoms with Crippen LogP contribution < -0.4 is 16.0 Å². The molecule has 1 aromatic carbocycles. The van der Waals surface area contributed by atoms with E-state index in [2.05, 4.69) is 45.0 Å². The van der Waals surface area contributed by atoms with Gasteiger partial charge in [0.05, 0.1) is 36.1 Å². The maximum absolute atomic E-state index is 13.1. The molecule has 1 aromatic heterocycles. The number of nitrogen functional groups attached to an aromatic ring is 1. The second-order valence-electron chi connectivity index (χ2n) is 10.9. The van der Waals surface area contributed by atoms with Gasteiger partial charge in [-0.15, -0.1) is 0 Å². The fourth-order valence-corrected chi connectivity index (χ4v) is 5.90. The van der Waals surface area contributed by atoms with Gasteiger partial charge in [-0.1, -0.05) is 6.42 Å². The molecule has 8 nitrogen and oxygen atoms in total. The molecule has 5 heterocycles. The topological polar surface area (TPSA) is 103 Å². The summed E-state index contributed by atoms with van der Waals surface area (Å²) >= 11 is 0. The maximum atomic E-state index is 13.1. The number of rotatable bonds is 3. The van der Waals surface area contributed by atoms with Crippen LogP contribution in [0, 0.1) is 22.6 Å². The fourth-order valence-electron chi connectivity index (χ4n) is 5.90. The molecule has 0 saturated carbocycles. The van der Waals surface area contributed by atoms with E-state index >= 15 is 0 Å². The van der Waals surface area contributed by atoms with E-state index in [0.717, 1.165) is 44.2 Å². The number of ether oxygens (including phenoxy) is 1. The van der Waals surface area contributed by atoms with Gasteiger partial charge < -0.3 is 20.7 Å². The smallest absolute Gasteiger partial charge is 0.229 e. The number of hydrogen-bond donors (Lipinski definition) is 2. The number of anilines is 4. The fraction of sp³-hybridized carbons (Fsp3) is 0.577. The predicted molar refractivity (Wildman–Crippen MR) is 134 cm³/mol. The van der Waals surface area contributed by atoms with E-state index < -0.39 is 5.82 Å². The molecule has 9 heteroatoms. The molecule has 2 aromatic rings. The Kier molecular flexibility index (Phi) is 6.28. The van der Waals surface area contributed by atoms with Crippen molar-refractivity contribution in [2.45, 2.75) is 57.5 Å². The van der Waals surface area contributed by atoms with Crippen molar-refractivity contribution < 1.29 is 9.13 Å². The van der Waals surface area contributed by atoms with Crippen molar-refractivity contribution in [3.8, 4) is 6.07 Å². The zero-order chi connectivity index (χ0) is 24.6. The van der Waals surface area contributed by atoms with Gasteiger partial charge >= 0.3 is 0 Å². The van der Waals surface area contributed by atoms with Crippen LogP contribution in [-0.2, 0) is 4.74 Å². The zero-order valence-electron chi connectivity index (χ0n) is 20.6. The number of fused-ring (bicyclic) bond motifs is 1. The highest BCUT2D eigenvalue weighted by Gasteiger charge is 2.49. The summed E-state index contributed by atoms with van der Waals surface area (Å²) in [5, 5.41) is 12.4. The Balaban J connectivity index is 0.000000192. The monoisotopic (exact) mass is 479 g/mol. The number of benzene rings is 1. The average Bonchev–Trinajstić information content (AvgIpc) is 3.26. The summed E-state index contributed by atoms with van der Waals surface area (Å²) in [6, 6.07) is 8.61. The van der Waals surface area contributed by atoms with Gasteiger partial charge in [0.2, 0.25) is 5.95 Å². The van der Waals surface area contributed by atoms with Crippen LogP contribution in [0.4, 0.5) is 27.5 Å². The second-order valence-corrected chi connectivity index (χ2v) is 10.9. The molecule has 0 radical (unpaired) electrons. The first kappa shape index (κ1) is 23.8. The minimum atomic E-state index is -0.666. The molecule has 4 aliphatic heterocycles. The lowest BCUT2D eigenvalue weighted by atomic mass is 9.77. The third-order valence-electron chi connectivity index (χ3n) is 7.83. The molecule has 6 rings (SSSR count). The van der Waals surface area contributed by atoms with Crippen LogP contribution in [0.2, 0.25) is 0 Å². The van der Waals surface area contributed by atoms with Crippen molar-refractivity contribution in [2.75, 3.05) is 48.8 Å². The Labute approximate surface area is 206 Å². The summed E-state index contributed by atoms with van der Waals surface area (Å²) in [6.07, 6.45) is 8.23. The van der Waals surface area contributed by atoms with Crippen molar-refractivity contribution in [1.82, 2.24) is 14.9 Å². The van der Waals surface area contributed by atoms with E-state index in [4.69, 9.17) is 10.5 Å². The molecular weight excluding hydrogens is 445 g/mol. The number of halogens is 1. The van der Waals surface area contributed by atoms with Gasteiger partial charge in [-0.25, -0.2) is 9.37 Å². The molecule has 4 saturated heterocycles. The Morgan fingerprint density at radius 1 is 1.23 bits per heavy atom. The van der Waals surface area contributed by atoms with Gasteiger partial charge in [-0.2, -0.15) is 10.2 Å². The van der Waals surface area contributed by atoms with Gasteiger partial charge in [0.25, 0.3) is 0 Å². The Hall–Kier alpha value is -2.96. The number of nitriles is 1. The average molecular weight is 480 g/mol. The molecule has 4 aliphatic rings. The Morgan fingerprint density at radius 3 is 2.66 bits per heavy atom. The van der Waals surface area contributed by atoms with Crippen LogP contribution in [0.1, 0.15) is 51.5 Å². The lowest BCUT2D eigenvalue weighted by molar-refractivity contribution is -0.127. The number of aromatic nitrogens is 2. The molecule has 1 atom stereocenters. The largest absolute Gasteiger partial charge is 0.381 e. The molecule has 4 fully saturated rings. The van der Waals surface area contributed by atoms with Crippen LogP contribution >= 0.6 is 0 Å². The maximum Gasteiger partial charge on any atom is 0.229 e. The lowest BCUT2D eigenvalue weighted by Crippen LogP contribution is -2.66. The van der Waals surface area contributed by atoms with Crippen LogP contribution in [0.5, 0.6) is 0 Å². The second kappa shape index (κ2) is 9.25. The van der Waals surface area contributed by atoms with Crippen LogP contribution in [0.25, 0.3) is 0 Å². The van der Waals surface area contributed by atoms with Gasteiger partial charge in [0, 0.05) is 30.4 Å². The summed E-state index contributed by atoms with van der Waals surface area (Å²) in [4.78, 5) is 12.6. The SMILES string of the molecule is CC1(C)CCCC2CCCN21.N#Cc1cc(Nc2ncc(F)c(N)n2)ccc1N1CC2(COC2)C1. The quantitative estimate of drug-likeness (QED) is 0.679. The number of nitrogens with two attached hydrogens (primary N) is 1. The van der Waals surface area contributed by atoms with Gasteiger partial charge in [-0.05, 0) is 64.3 Å². The minimum Gasteiger partial charge on any atom is -0.381 e. The van der Waals surface area contributed by atoms with Gasteiger partial charge in [-0.3, -0.25) is 4.90 Å². The first-order valence-corrected chi connectivity index (χ1v) is 12.5. The van der Waals surface area contributed by atoms with Crippen LogP contribution in [-0.4, -0.2) is 59.3 Å². The number of piperidine rings is 1. The highest BCUT2D eigenvalue weighted by Crippen LogP contribution is 2.41. The lowest BCUT2D eigenvalue weighted by Gasteiger charge is -2.56. The van der Waals surface area contributed by atoms with Crippen molar-refractivity contribution in [3.05, 3.63) is 35.8 Å².